The molecule has 130 valence electrons. The number of carbonyl (C=O) groups excluding carboxylic acids is 1. The molecule has 0 unspecified atom stereocenters. The number of piperidine rings is 1. The third kappa shape index (κ3) is 3.19. The van der Waals surface area contributed by atoms with E-state index in [0.29, 0.717) is 25.9 Å². The lowest BCUT2D eigenvalue weighted by Gasteiger charge is -2.32. The minimum absolute atomic E-state index is 0.00429. The first-order chi connectivity index (χ1) is 11.3. The van der Waals surface area contributed by atoms with E-state index in [9.17, 15) is 18.0 Å². The number of hydrogen-bond acceptors (Lipinski definition) is 3. The third-order valence-corrected chi connectivity index (χ3v) is 4.73. The maximum atomic E-state index is 13.4. The molecule has 2 aromatic rings. The molecule has 1 fully saturated rings. The summed E-state index contributed by atoms with van der Waals surface area (Å²) in [5.74, 6) is 0.0430. The van der Waals surface area contributed by atoms with Crippen LogP contribution in [0.3, 0.4) is 0 Å². The molecule has 3 heterocycles. The van der Waals surface area contributed by atoms with Gasteiger partial charge in [0.15, 0.2) is 0 Å². The van der Waals surface area contributed by atoms with Crippen molar-refractivity contribution in [2.24, 2.45) is 5.92 Å². The van der Waals surface area contributed by atoms with Crippen molar-refractivity contribution < 1.29 is 18.0 Å². The van der Waals surface area contributed by atoms with Gasteiger partial charge in [0.05, 0.1) is 5.39 Å². The minimum atomic E-state index is -4.50. The zero-order valence-corrected chi connectivity index (χ0v) is 13.7. The lowest BCUT2D eigenvalue weighted by molar-refractivity contribution is -0.143. The predicted octanol–water partition coefficient (Wildman–Crippen LogP) is 3.36. The molecule has 1 amide bonds. The summed E-state index contributed by atoms with van der Waals surface area (Å²) >= 11 is 5.91. The third-order valence-electron chi connectivity index (χ3n) is 4.43. The van der Waals surface area contributed by atoms with Gasteiger partial charge in [-0.15, -0.1) is 0 Å². The van der Waals surface area contributed by atoms with Crippen molar-refractivity contribution in [3.8, 4) is 0 Å². The van der Waals surface area contributed by atoms with Crippen LogP contribution in [0, 0.1) is 5.92 Å². The van der Waals surface area contributed by atoms with E-state index in [1.54, 1.807) is 4.90 Å². The van der Waals surface area contributed by atoms with Crippen LogP contribution < -0.4 is 0 Å². The Balaban J connectivity index is 1.91. The number of nitrogens with zero attached hydrogens (tertiary/aromatic N) is 4. The van der Waals surface area contributed by atoms with Gasteiger partial charge in [-0.25, -0.2) is 9.97 Å². The average Bonchev–Trinajstić information content (AvgIpc) is 2.88. The molecule has 0 atom stereocenters. The minimum Gasteiger partial charge on any atom is -0.343 e. The van der Waals surface area contributed by atoms with Crippen molar-refractivity contribution in [3.63, 3.8) is 0 Å². The van der Waals surface area contributed by atoms with E-state index in [4.69, 9.17) is 11.6 Å². The number of fused-ring (bicyclic) bond motifs is 1. The van der Waals surface area contributed by atoms with Crippen molar-refractivity contribution in [3.05, 3.63) is 23.2 Å². The molecule has 2 aromatic heterocycles. The molecule has 0 aromatic carbocycles. The quantitative estimate of drug-likeness (QED) is 0.772. The van der Waals surface area contributed by atoms with Gasteiger partial charge < -0.3 is 9.47 Å². The number of alkyl halides is 3. The summed E-state index contributed by atoms with van der Waals surface area (Å²) in [5, 5.41) is 0.211. The molecule has 0 radical (unpaired) electrons. The molecular formula is C15H16ClF3N4O. The molecule has 1 aliphatic rings. The van der Waals surface area contributed by atoms with Crippen molar-refractivity contribution >= 4 is 28.5 Å². The summed E-state index contributed by atoms with van der Waals surface area (Å²) < 4.78 is 41.3. The highest BCUT2D eigenvalue weighted by atomic mass is 35.5. The summed E-state index contributed by atoms with van der Waals surface area (Å²) in [4.78, 5) is 20.8. The second-order valence-electron chi connectivity index (χ2n) is 5.99. The molecule has 0 N–H and O–H groups in total. The molecule has 5 nitrogen and oxygen atoms in total. The molecule has 3 rings (SSSR count). The van der Waals surface area contributed by atoms with Crippen LogP contribution in [0.2, 0.25) is 5.15 Å². The first-order valence-electron chi connectivity index (χ1n) is 7.60. The zero-order valence-electron chi connectivity index (χ0n) is 13.0. The zero-order chi connectivity index (χ0) is 17.5. The Bertz CT molecular complexity index is 766. The van der Waals surface area contributed by atoms with Gasteiger partial charge in [0, 0.05) is 26.6 Å². The SMILES string of the molecule is CC(=O)N1CCC(Cn2c(C(F)(F)F)cc3c(Cl)ncnc32)CC1. The van der Waals surface area contributed by atoms with E-state index in [1.165, 1.54) is 17.8 Å². The number of hydrogen-bond donors (Lipinski definition) is 0. The Labute approximate surface area is 141 Å². The van der Waals surface area contributed by atoms with Gasteiger partial charge in [0.1, 0.15) is 22.8 Å². The Hall–Kier alpha value is -1.83. The first kappa shape index (κ1) is 17.0. The van der Waals surface area contributed by atoms with Crippen LogP contribution in [0.1, 0.15) is 25.5 Å². The molecular weight excluding hydrogens is 345 g/mol. The number of likely N-dealkylation sites (tertiary alicyclic amines) is 1. The second kappa shape index (κ2) is 6.23. The van der Waals surface area contributed by atoms with Crippen LogP contribution in [0.15, 0.2) is 12.4 Å². The summed E-state index contributed by atoms with van der Waals surface area (Å²) in [6.07, 6.45) is -2.01. The van der Waals surface area contributed by atoms with Gasteiger partial charge in [0.2, 0.25) is 5.91 Å². The highest BCUT2D eigenvalue weighted by molar-refractivity contribution is 6.33. The molecule has 0 aliphatic carbocycles. The number of aromatic nitrogens is 3. The van der Waals surface area contributed by atoms with Crippen LogP contribution in [0.25, 0.3) is 11.0 Å². The fourth-order valence-electron chi connectivity index (χ4n) is 3.14. The molecule has 9 heteroatoms. The van der Waals surface area contributed by atoms with Crippen molar-refractivity contribution in [2.45, 2.75) is 32.5 Å². The number of halogens is 4. The van der Waals surface area contributed by atoms with Crippen molar-refractivity contribution in [1.82, 2.24) is 19.4 Å². The standard InChI is InChI=1S/C15H16ClF3N4O/c1-9(24)22-4-2-10(3-5-22)7-23-12(15(17,18)19)6-11-13(16)20-8-21-14(11)23/h6,8,10H,2-5,7H2,1H3. The topological polar surface area (TPSA) is 51.0 Å². The van der Waals surface area contributed by atoms with Gasteiger partial charge in [-0.2, -0.15) is 13.2 Å². The smallest absolute Gasteiger partial charge is 0.343 e. The Morgan fingerprint density at radius 2 is 2.00 bits per heavy atom. The van der Waals surface area contributed by atoms with E-state index >= 15 is 0 Å². The van der Waals surface area contributed by atoms with E-state index in [-0.39, 0.29) is 34.6 Å². The predicted molar refractivity (Wildman–Crippen MR) is 82.5 cm³/mol. The summed E-state index contributed by atoms with van der Waals surface area (Å²) in [6.45, 7) is 2.82. The van der Waals surface area contributed by atoms with Crippen LogP contribution in [0.5, 0.6) is 0 Å². The van der Waals surface area contributed by atoms with Crippen molar-refractivity contribution in [1.29, 1.82) is 0 Å². The first-order valence-corrected chi connectivity index (χ1v) is 7.97. The number of rotatable bonds is 2. The Morgan fingerprint density at radius 3 is 2.58 bits per heavy atom. The molecule has 1 saturated heterocycles. The van der Waals surface area contributed by atoms with Gasteiger partial charge in [-0.1, -0.05) is 11.6 Å². The lowest BCUT2D eigenvalue weighted by Crippen LogP contribution is -2.38. The highest BCUT2D eigenvalue weighted by Crippen LogP contribution is 2.36. The van der Waals surface area contributed by atoms with E-state index in [1.807, 2.05) is 0 Å². The van der Waals surface area contributed by atoms with E-state index in [0.717, 1.165) is 6.07 Å². The second-order valence-corrected chi connectivity index (χ2v) is 6.35. The van der Waals surface area contributed by atoms with Gasteiger partial charge >= 0.3 is 6.18 Å². The number of amides is 1. The van der Waals surface area contributed by atoms with Crippen molar-refractivity contribution in [2.75, 3.05) is 13.1 Å². The molecule has 24 heavy (non-hydrogen) atoms. The van der Waals surface area contributed by atoms with Crippen LogP contribution >= 0.6 is 11.6 Å². The van der Waals surface area contributed by atoms with Gasteiger partial charge in [0.25, 0.3) is 0 Å². The van der Waals surface area contributed by atoms with E-state index in [2.05, 4.69) is 9.97 Å². The van der Waals surface area contributed by atoms with Crippen LogP contribution in [0.4, 0.5) is 13.2 Å². The molecule has 0 spiro atoms. The largest absolute Gasteiger partial charge is 0.431 e. The molecule has 0 bridgehead atoms. The lowest BCUT2D eigenvalue weighted by atomic mass is 9.96. The number of carbonyl (C=O) groups is 1. The van der Waals surface area contributed by atoms with Crippen LogP contribution in [-0.4, -0.2) is 38.4 Å². The fraction of sp³-hybridized carbons (Fsp3) is 0.533. The van der Waals surface area contributed by atoms with E-state index < -0.39 is 11.9 Å². The normalized spacial score (nSPS) is 16.8. The summed E-state index contributed by atoms with van der Waals surface area (Å²) in [5.41, 5.74) is -0.578. The molecule has 1 aliphatic heterocycles. The highest BCUT2D eigenvalue weighted by Gasteiger charge is 2.37. The maximum absolute atomic E-state index is 13.4. The summed E-state index contributed by atoms with van der Waals surface area (Å²) in [7, 11) is 0. The van der Waals surface area contributed by atoms with Gasteiger partial charge in [-0.3, -0.25) is 4.79 Å². The summed E-state index contributed by atoms with van der Waals surface area (Å²) in [6, 6.07) is 1.00. The average molecular weight is 361 g/mol. The fourth-order valence-corrected chi connectivity index (χ4v) is 3.32. The molecule has 0 saturated carbocycles. The Morgan fingerprint density at radius 1 is 1.33 bits per heavy atom. The maximum Gasteiger partial charge on any atom is 0.431 e. The van der Waals surface area contributed by atoms with Crippen LogP contribution in [-0.2, 0) is 17.5 Å². The monoisotopic (exact) mass is 360 g/mol. The Kier molecular flexibility index (Phi) is 4.42. The van der Waals surface area contributed by atoms with Gasteiger partial charge in [-0.05, 0) is 24.8 Å².